The third kappa shape index (κ3) is 10.2. The number of carbonyl (C=O) groups is 2. The summed E-state index contributed by atoms with van der Waals surface area (Å²) < 4.78 is 23.4. The maximum absolute atomic E-state index is 12.9. The number of allylic oxidation sites excluding steroid dienone is 9. The molecule has 0 heterocycles. The van der Waals surface area contributed by atoms with Crippen LogP contribution in [0.4, 0.5) is 0 Å². The Balaban J connectivity index is 1.20. The molecule has 264 valence electrons. The molecule has 53 heavy (non-hydrogen) atoms. The van der Waals surface area contributed by atoms with E-state index in [0.717, 1.165) is 56.2 Å². The van der Waals surface area contributed by atoms with Gasteiger partial charge in [-0.05, 0) is 94.0 Å². The van der Waals surface area contributed by atoms with E-state index in [1.54, 1.807) is 0 Å². The Morgan fingerprint density at radius 1 is 0.925 bits per heavy atom. The molecule has 3 aromatic rings. The highest BCUT2D eigenvalue weighted by molar-refractivity contribution is 5.88. The zero-order valence-electron chi connectivity index (χ0n) is 29.7. The Morgan fingerprint density at radius 3 is 2.60 bits per heavy atom. The van der Waals surface area contributed by atoms with Crippen LogP contribution in [0.1, 0.15) is 42.9 Å². The number of rotatable bonds is 13. The average Bonchev–Trinajstić information content (AvgIpc) is 3.57. The molecule has 3 aliphatic rings. The number of hydrogen-bond acceptors (Lipinski definition) is 6. The zero-order chi connectivity index (χ0) is 36.8. The van der Waals surface area contributed by atoms with Crippen molar-refractivity contribution in [3.63, 3.8) is 0 Å². The average molecular weight is 701 g/mol. The van der Waals surface area contributed by atoms with E-state index in [4.69, 9.17) is 25.4 Å². The Bertz CT molecular complexity index is 2230. The van der Waals surface area contributed by atoms with Gasteiger partial charge in [0.05, 0.1) is 6.10 Å². The summed E-state index contributed by atoms with van der Waals surface area (Å²) in [5, 5.41) is 2.05. The normalized spacial score (nSPS) is 16.6. The Kier molecular flexibility index (Phi) is 12.6. The first-order chi connectivity index (χ1) is 26.0. The molecule has 6 rings (SSSR count). The molecule has 0 aromatic heterocycles. The van der Waals surface area contributed by atoms with Gasteiger partial charge in [0.1, 0.15) is 25.6 Å². The Labute approximate surface area is 311 Å². The number of terminal acetylenes is 1. The summed E-state index contributed by atoms with van der Waals surface area (Å²) in [6, 6.07) is 19.3. The third-order valence-electron chi connectivity index (χ3n) is 9.01. The minimum Gasteiger partial charge on any atom is -0.482 e. The third-order valence-corrected chi connectivity index (χ3v) is 9.01. The number of esters is 2. The lowest BCUT2D eigenvalue weighted by Crippen LogP contribution is -2.20. The predicted molar refractivity (Wildman–Crippen MR) is 208 cm³/mol. The molecular formula is C47H40O6. The number of benzene rings is 3. The first kappa shape index (κ1) is 36.5. The molecule has 3 aromatic carbocycles. The van der Waals surface area contributed by atoms with Crippen LogP contribution in [0, 0.1) is 24.2 Å². The van der Waals surface area contributed by atoms with Crippen molar-refractivity contribution >= 4 is 22.7 Å². The van der Waals surface area contributed by atoms with Crippen LogP contribution in [-0.4, -0.2) is 37.9 Å². The topological polar surface area (TPSA) is 71.1 Å². The highest BCUT2D eigenvalue weighted by Gasteiger charge is 2.21. The Morgan fingerprint density at radius 2 is 1.75 bits per heavy atom. The van der Waals surface area contributed by atoms with Gasteiger partial charge in [0.25, 0.3) is 0 Å². The van der Waals surface area contributed by atoms with Crippen molar-refractivity contribution in [3.8, 4) is 29.9 Å². The summed E-state index contributed by atoms with van der Waals surface area (Å²) in [7, 11) is 0. The summed E-state index contributed by atoms with van der Waals surface area (Å²) >= 11 is 0. The lowest BCUT2D eigenvalue weighted by molar-refractivity contribution is -0.151. The summed E-state index contributed by atoms with van der Waals surface area (Å²) in [4.78, 5) is 25.7. The van der Waals surface area contributed by atoms with Crippen molar-refractivity contribution in [1.29, 1.82) is 0 Å². The van der Waals surface area contributed by atoms with E-state index in [0.29, 0.717) is 25.0 Å². The van der Waals surface area contributed by atoms with Crippen LogP contribution >= 0.6 is 0 Å². The largest absolute Gasteiger partial charge is 0.482 e. The number of hydrogen-bond donors (Lipinski definition) is 0. The smallest absolute Gasteiger partial charge is 0.344 e. The van der Waals surface area contributed by atoms with Crippen LogP contribution in [0.2, 0.25) is 0 Å². The van der Waals surface area contributed by atoms with Gasteiger partial charge in [-0.3, -0.25) is 0 Å². The van der Waals surface area contributed by atoms with Gasteiger partial charge in [0, 0.05) is 29.5 Å². The van der Waals surface area contributed by atoms with Crippen molar-refractivity contribution in [2.45, 2.75) is 45.3 Å². The minimum absolute atomic E-state index is 0.102. The molecule has 0 saturated heterocycles. The first-order valence-electron chi connectivity index (χ1n) is 17.7. The minimum atomic E-state index is -0.478. The molecule has 0 bridgehead atoms. The van der Waals surface area contributed by atoms with Gasteiger partial charge in [-0.1, -0.05) is 97.5 Å². The molecule has 0 N–H and O–H groups in total. The van der Waals surface area contributed by atoms with E-state index in [1.807, 2.05) is 85.0 Å². The van der Waals surface area contributed by atoms with Crippen LogP contribution in [0.5, 0.6) is 5.75 Å². The molecule has 0 fully saturated rings. The first-order valence-corrected chi connectivity index (χ1v) is 17.7. The molecule has 6 nitrogen and oxygen atoms in total. The predicted octanol–water partition coefficient (Wildman–Crippen LogP) is 8.55. The summed E-state index contributed by atoms with van der Waals surface area (Å²) in [6.45, 7) is 1.85. The number of carbonyl (C=O) groups excluding carboxylic acids is 2. The van der Waals surface area contributed by atoms with E-state index >= 15 is 0 Å². The van der Waals surface area contributed by atoms with Crippen LogP contribution in [0.3, 0.4) is 0 Å². The molecule has 0 saturated carbocycles. The van der Waals surface area contributed by atoms with E-state index in [-0.39, 0.29) is 26.4 Å². The lowest BCUT2D eigenvalue weighted by Gasteiger charge is -2.22. The summed E-state index contributed by atoms with van der Waals surface area (Å²) in [6.07, 6.45) is 25.4. The standard InChI is InChI=1S/C47H40O6/c1-3-34-12-10-13-36(23-20-34)30-52-47(49)33-51-45-27-26-39-15-8-9-19-43(39)44(45)29-40-28-41(17-11-16-38-14-6-5-7-18-42(38)40)50-32-46(48)53-31-37-24-21-35(4-2)22-25-37/h2,6,8-12,14-16,19-28,41H,3,17-18,29-33H2,1H3/b16-11-,40-28?. The Hall–Kier alpha value is -6.30. The summed E-state index contributed by atoms with van der Waals surface area (Å²) in [5.74, 6) is 8.58. The van der Waals surface area contributed by atoms with Gasteiger partial charge in [-0.15, -0.1) is 12.2 Å². The van der Waals surface area contributed by atoms with E-state index in [1.165, 1.54) is 5.57 Å². The van der Waals surface area contributed by atoms with Gasteiger partial charge < -0.3 is 18.9 Å². The fraction of sp³-hybridized carbons (Fsp3) is 0.213. The summed E-state index contributed by atoms with van der Waals surface area (Å²) in [5.41, 5.74) is 10.7. The van der Waals surface area contributed by atoms with Crippen LogP contribution in [-0.2, 0) is 36.8 Å². The van der Waals surface area contributed by atoms with Crippen molar-refractivity contribution in [3.05, 3.63) is 166 Å². The second kappa shape index (κ2) is 18.3. The quantitative estimate of drug-likeness (QED) is 0.101. The molecule has 6 heteroatoms. The molecule has 0 radical (unpaired) electrons. The zero-order valence-corrected chi connectivity index (χ0v) is 29.7. The molecule has 1 atom stereocenters. The molecule has 0 aliphatic heterocycles. The molecule has 0 amide bonds. The van der Waals surface area contributed by atoms with Gasteiger partial charge in [-0.25, -0.2) is 9.59 Å². The van der Waals surface area contributed by atoms with Gasteiger partial charge in [-0.2, -0.15) is 0 Å². The lowest BCUT2D eigenvalue weighted by atomic mass is 9.87. The van der Waals surface area contributed by atoms with Gasteiger partial charge in [0.2, 0.25) is 0 Å². The van der Waals surface area contributed by atoms with Gasteiger partial charge in [0.15, 0.2) is 6.61 Å². The highest BCUT2D eigenvalue weighted by atomic mass is 16.6. The second-order valence-corrected chi connectivity index (χ2v) is 12.6. The van der Waals surface area contributed by atoms with Gasteiger partial charge >= 0.3 is 11.9 Å². The fourth-order valence-corrected chi connectivity index (χ4v) is 6.12. The van der Waals surface area contributed by atoms with Crippen LogP contribution in [0.15, 0.2) is 149 Å². The van der Waals surface area contributed by atoms with Crippen molar-refractivity contribution in [1.82, 2.24) is 0 Å². The molecule has 1 unspecified atom stereocenters. The molecular weight excluding hydrogens is 661 g/mol. The highest BCUT2D eigenvalue weighted by Crippen LogP contribution is 2.35. The van der Waals surface area contributed by atoms with Crippen molar-refractivity contribution < 1.29 is 28.5 Å². The van der Waals surface area contributed by atoms with Crippen LogP contribution < -0.4 is 4.74 Å². The van der Waals surface area contributed by atoms with E-state index in [9.17, 15) is 9.59 Å². The SMILES string of the molecule is C#Cc1ccc(COC(=O)COC2C=C(Cc3c(OCC(=O)OCC4=C=CC=C(CC)C=C4)ccc4ccccc34)C3=C(C=CC#CC3)/C=C\C2)cc1. The monoisotopic (exact) mass is 700 g/mol. The number of fused-ring (bicyclic) bond motifs is 1. The number of ether oxygens (including phenoxy) is 4. The van der Waals surface area contributed by atoms with Crippen LogP contribution in [0.25, 0.3) is 10.8 Å². The fourth-order valence-electron chi connectivity index (χ4n) is 6.12. The maximum atomic E-state index is 12.9. The second-order valence-electron chi connectivity index (χ2n) is 12.6. The van der Waals surface area contributed by atoms with E-state index < -0.39 is 18.0 Å². The maximum Gasteiger partial charge on any atom is 0.344 e. The molecule has 3 aliphatic carbocycles. The van der Waals surface area contributed by atoms with E-state index in [2.05, 4.69) is 60.8 Å². The van der Waals surface area contributed by atoms with Crippen molar-refractivity contribution in [2.75, 3.05) is 19.8 Å². The molecule has 0 spiro atoms. The van der Waals surface area contributed by atoms with Crippen molar-refractivity contribution in [2.24, 2.45) is 0 Å².